The minimum Gasteiger partial charge on any atom is -0.481 e. The molecular weight excluding hydrogens is 324 g/mol. The summed E-state index contributed by atoms with van der Waals surface area (Å²) in [7, 11) is 0. The quantitative estimate of drug-likeness (QED) is 0.492. The Morgan fingerprint density at radius 2 is 1.54 bits per heavy atom. The third kappa shape index (κ3) is 3.22. The van der Waals surface area contributed by atoms with Crippen LogP contribution in [0.3, 0.4) is 0 Å². The Labute approximate surface area is 151 Å². The monoisotopic (exact) mass is 342 g/mol. The van der Waals surface area contributed by atoms with Gasteiger partial charge in [-0.1, -0.05) is 48.5 Å². The van der Waals surface area contributed by atoms with E-state index in [9.17, 15) is 4.79 Å². The fourth-order valence-electron chi connectivity index (χ4n) is 3.17. The summed E-state index contributed by atoms with van der Waals surface area (Å²) < 4.78 is 0. The molecule has 1 aromatic heterocycles. The van der Waals surface area contributed by atoms with E-state index in [1.807, 2.05) is 60.7 Å². The first kappa shape index (κ1) is 16.1. The number of aliphatic carboxylic acids is 1. The number of carboxylic acid groups (broad SMARTS) is 1. The third-order valence-electron chi connectivity index (χ3n) is 4.41. The average molecular weight is 342 g/mol. The normalized spacial score (nSPS) is 10.9. The lowest BCUT2D eigenvalue weighted by Crippen LogP contribution is -1.99. The highest BCUT2D eigenvalue weighted by Gasteiger charge is 2.09. The molecule has 128 valence electrons. The Bertz CT molecular complexity index is 1050. The van der Waals surface area contributed by atoms with Crippen LogP contribution in [-0.4, -0.2) is 16.1 Å². The minimum absolute atomic E-state index is 0.130. The summed E-state index contributed by atoms with van der Waals surface area (Å²) in [6, 6.07) is 24.0. The molecule has 0 unspecified atom stereocenters. The molecule has 0 spiro atoms. The highest BCUT2D eigenvalue weighted by Crippen LogP contribution is 2.33. The molecular formula is C22H18N2O2. The molecule has 0 atom stereocenters. The molecule has 0 radical (unpaired) electrons. The standard InChI is InChI=1S/C22H18N2O2/c25-21(26)13-12-15-6-5-7-16(14-15)23-22-17-8-1-3-10-19(17)24-20-11-4-2-9-18(20)22/h1-11,14H,12-13H2,(H,23,24)(H,25,26). The van der Waals surface area contributed by atoms with Gasteiger partial charge >= 0.3 is 5.97 Å². The maximum Gasteiger partial charge on any atom is 0.303 e. The van der Waals surface area contributed by atoms with Crippen molar-refractivity contribution in [3.05, 3.63) is 78.4 Å². The number of pyridine rings is 1. The number of aryl methyl sites for hydroxylation is 1. The van der Waals surface area contributed by atoms with Crippen LogP contribution >= 0.6 is 0 Å². The van der Waals surface area contributed by atoms with Gasteiger partial charge in [0.1, 0.15) is 0 Å². The van der Waals surface area contributed by atoms with Crippen molar-refractivity contribution >= 4 is 39.1 Å². The summed E-state index contributed by atoms with van der Waals surface area (Å²) in [6.07, 6.45) is 0.646. The molecule has 0 saturated heterocycles. The van der Waals surface area contributed by atoms with Crippen LogP contribution in [0.1, 0.15) is 12.0 Å². The fraction of sp³-hybridized carbons (Fsp3) is 0.0909. The number of carbonyl (C=O) groups is 1. The van der Waals surface area contributed by atoms with Gasteiger partial charge in [-0.2, -0.15) is 0 Å². The lowest BCUT2D eigenvalue weighted by atomic mass is 10.1. The third-order valence-corrected chi connectivity index (χ3v) is 4.41. The number of aromatic nitrogens is 1. The second-order valence-electron chi connectivity index (χ2n) is 6.24. The van der Waals surface area contributed by atoms with Crippen LogP contribution in [-0.2, 0) is 11.2 Å². The summed E-state index contributed by atoms with van der Waals surface area (Å²) in [5, 5.41) is 14.5. The highest BCUT2D eigenvalue weighted by atomic mass is 16.4. The van der Waals surface area contributed by atoms with E-state index in [1.54, 1.807) is 0 Å². The number of fused-ring (bicyclic) bond motifs is 2. The lowest BCUT2D eigenvalue weighted by molar-refractivity contribution is -0.136. The van der Waals surface area contributed by atoms with E-state index in [0.29, 0.717) is 6.42 Å². The van der Waals surface area contributed by atoms with Gasteiger partial charge in [-0.15, -0.1) is 0 Å². The van der Waals surface area contributed by atoms with Crippen LogP contribution in [0.5, 0.6) is 0 Å². The number of hydrogen-bond donors (Lipinski definition) is 2. The number of anilines is 2. The van der Waals surface area contributed by atoms with Crippen LogP contribution in [0.15, 0.2) is 72.8 Å². The highest BCUT2D eigenvalue weighted by molar-refractivity contribution is 6.08. The van der Waals surface area contributed by atoms with Gasteiger partial charge in [0.2, 0.25) is 0 Å². The predicted octanol–water partition coefficient (Wildman–Crippen LogP) is 5.15. The zero-order valence-corrected chi connectivity index (χ0v) is 14.1. The zero-order chi connectivity index (χ0) is 17.9. The molecule has 4 aromatic rings. The van der Waals surface area contributed by atoms with Gasteiger partial charge in [-0.05, 0) is 36.2 Å². The molecule has 4 heteroatoms. The summed E-state index contributed by atoms with van der Waals surface area (Å²) >= 11 is 0. The molecule has 0 aliphatic heterocycles. The Balaban J connectivity index is 1.79. The van der Waals surface area contributed by atoms with Crippen molar-refractivity contribution in [2.75, 3.05) is 5.32 Å². The molecule has 0 amide bonds. The Kier molecular flexibility index (Phi) is 4.23. The van der Waals surface area contributed by atoms with E-state index in [1.165, 1.54) is 0 Å². The van der Waals surface area contributed by atoms with Crippen LogP contribution < -0.4 is 5.32 Å². The van der Waals surface area contributed by atoms with E-state index in [-0.39, 0.29) is 6.42 Å². The molecule has 1 heterocycles. The van der Waals surface area contributed by atoms with Gasteiger partial charge < -0.3 is 10.4 Å². The maximum atomic E-state index is 10.8. The fourth-order valence-corrected chi connectivity index (χ4v) is 3.17. The average Bonchev–Trinajstić information content (AvgIpc) is 2.66. The number of rotatable bonds is 5. The maximum absolute atomic E-state index is 10.8. The minimum atomic E-state index is -0.783. The van der Waals surface area contributed by atoms with Crippen molar-refractivity contribution < 1.29 is 9.90 Å². The molecule has 3 aromatic carbocycles. The first-order valence-corrected chi connectivity index (χ1v) is 8.56. The smallest absolute Gasteiger partial charge is 0.303 e. The topological polar surface area (TPSA) is 62.2 Å². The number of nitrogens with one attached hydrogen (secondary N) is 1. The van der Waals surface area contributed by atoms with E-state index in [0.717, 1.165) is 38.7 Å². The summed E-state index contributed by atoms with van der Waals surface area (Å²) in [5.74, 6) is -0.783. The van der Waals surface area contributed by atoms with Gasteiger partial charge in [0.05, 0.1) is 16.7 Å². The van der Waals surface area contributed by atoms with E-state index >= 15 is 0 Å². The van der Waals surface area contributed by atoms with Crippen LogP contribution in [0, 0.1) is 0 Å². The molecule has 4 rings (SSSR count). The van der Waals surface area contributed by atoms with E-state index in [2.05, 4.69) is 17.4 Å². The van der Waals surface area contributed by atoms with Crippen molar-refractivity contribution in [3.8, 4) is 0 Å². The number of carboxylic acids is 1. The zero-order valence-electron chi connectivity index (χ0n) is 14.1. The molecule has 0 fully saturated rings. The number of nitrogens with zero attached hydrogens (tertiary/aromatic N) is 1. The number of benzene rings is 3. The predicted molar refractivity (Wildman–Crippen MR) is 105 cm³/mol. The van der Waals surface area contributed by atoms with Crippen LogP contribution in [0.25, 0.3) is 21.8 Å². The van der Waals surface area contributed by atoms with E-state index < -0.39 is 5.97 Å². The lowest BCUT2D eigenvalue weighted by Gasteiger charge is -2.14. The largest absolute Gasteiger partial charge is 0.481 e. The second-order valence-corrected chi connectivity index (χ2v) is 6.24. The molecule has 4 nitrogen and oxygen atoms in total. The molecule has 0 aliphatic rings. The summed E-state index contributed by atoms with van der Waals surface area (Å²) in [6.45, 7) is 0. The second kappa shape index (κ2) is 6.84. The van der Waals surface area contributed by atoms with Crippen molar-refractivity contribution in [2.24, 2.45) is 0 Å². The van der Waals surface area contributed by atoms with E-state index in [4.69, 9.17) is 10.1 Å². The van der Waals surface area contributed by atoms with Crippen LogP contribution in [0.2, 0.25) is 0 Å². The van der Waals surface area contributed by atoms with Gasteiger partial charge in [0, 0.05) is 22.9 Å². The van der Waals surface area contributed by atoms with Gasteiger partial charge in [-0.25, -0.2) is 4.98 Å². The Morgan fingerprint density at radius 3 is 2.19 bits per heavy atom. The summed E-state index contributed by atoms with van der Waals surface area (Å²) in [5.41, 5.74) is 4.84. The van der Waals surface area contributed by atoms with Gasteiger partial charge in [-0.3, -0.25) is 4.79 Å². The Hall–Kier alpha value is -3.40. The Morgan fingerprint density at radius 1 is 0.885 bits per heavy atom. The van der Waals surface area contributed by atoms with Crippen LogP contribution in [0.4, 0.5) is 11.4 Å². The van der Waals surface area contributed by atoms with Gasteiger partial charge in [0.25, 0.3) is 0 Å². The first-order chi connectivity index (χ1) is 12.7. The van der Waals surface area contributed by atoms with Crippen molar-refractivity contribution in [2.45, 2.75) is 12.8 Å². The SMILES string of the molecule is O=C(O)CCc1cccc(Nc2c3ccccc3nc3ccccc23)c1. The van der Waals surface area contributed by atoms with Crippen molar-refractivity contribution in [3.63, 3.8) is 0 Å². The molecule has 26 heavy (non-hydrogen) atoms. The molecule has 2 N–H and O–H groups in total. The summed E-state index contributed by atoms with van der Waals surface area (Å²) in [4.78, 5) is 15.6. The van der Waals surface area contributed by atoms with Crippen molar-refractivity contribution in [1.29, 1.82) is 0 Å². The first-order valence-electron chi connectivity index (χ1n) is 8.56. The number of para-hydroxylation sites is 2. The molecule has 0 bridgehead atoms. The van der Waals surface area contributed by atoms with Crippen molar-refractivity contribution in [1.82, 2.24) is 4.98 Å². The molecule has 0 aliphatic carbocycles. The van der Waals surface area contributed by atoms with Gasteiger partial charge in [0.15, 0.2) is 0 Å². The molecule has 0 saturated carbocycles. The number of hydrogen-bond acceptors (Lipinski definition) is 3.